The number of amides is 4. The van der Waals surface area contributed by atoms with E-state index in [0.717, 1.165) is 38.5 Å². The molecular formula is C23H28N4O4. The molecule has 4 amide bonds. The van der Waals surface area contributed by atoms with E-state index >= 15 is 0 Å². The summed E-state index contributed by atoms with van der Waals surface area (Å²) in [5, 5.41) is 6.23. The maximum absolute atomic E-state index is 13.8. The normalized spacial score (nSPS) is 32.8. The first kappa shape index (κ1) is 20.2. The number of primary amides is 1. The Morgan fingerprint density at radius 1 is 1.06 bits per heavy atom. The number of nitrogens with zero attached hydrogens (tertiary/aromatic N) is 1. The van der Waals surface area contributed by atoms with Crippen LogP contribution in [-0.4, -0.2) is 40.6 Å². The molecule has 4 N–H and O–H groups in total. The molecule has 1 aliphatic carbocycles. The van der Waals surface area contributed by atoms with Crippen LogP contribution in [0.2, 0.25) is 0 Å². The first-order valence-corrected chi connectivity index (χ1v) is 11.3. The lowest BCUT2D eigenvalue weighted by Crippen LogP contribution is -2.54. The number of nitrogens with two attached hydrogens (primary N) is 1. The average Bonchev–Trinajstić information content (AvgIpc) is 3.21. The molecule has 8 heteroatoms. The van der Waals surface area contributed by atoms with Gasteiger partial charge in [0.25, 0.3) is 0 Å². The molecule has 4 atom stereocenters. The Morgan fingerprint density at radius 3 is 2.48 bits per heavy atom. The second-order valence-electron chi connectivity index (χ2n) is 9.26. The van der Waals surface area contributed by atoms with Gasteiger partial charge in [-0.2, -0.15) is 0 Å². The molecule has 0 radical (unpaired) electrons. The molecule has 1 spiro atoms. The van der Waals surface area contributed by atoms with E-state index in [4.69, 9.17) is 5.73 Å². The maximum atomic E-state index is 13.8. The van der Waals surface area contributed by atoms with Crippen molar-refractivity contribution in [2.45, 2.75) is 69.0 Å². The van der Waals surface area contributed by atoms with Crippen LogP contribution in [0, 0.1) is 11.8 Å². The van der Waals surface area contributed by atoms with E-state index < -0.39 is 29.3 Å². The second-order valence-corrected chi connectivity index (χ2v) is 9.26. The molecule has 3 aliphatic heterocycles. The summed E-state index contributed by atoms with van der Waals surface area (Å²) in [5.41, 5.74) is 5.43. The van der Waals surface area contributed by atoms with Crippen LogP contribution in [0.5, 0.6) is 0 Å². The van der Waals surface area contributed by atoms with E-state index in [9.17, 15) is 19.2 Å². The number of imide groups is 1. The molecule has 4 aliphatic rings. The number of para-hydroxylation sites is 1. The quantitative estimate of drug-likeness (QED) is 0.498. The Bertz CT molecular complexity index is 955. The fourth-order valence-electron chi connectivity index (χ4n) is 6.20. The zero-order valence-corrected chi connectivity index (χ0v) is 17.4. The predicted octanol–water partition coefficient (Wildman–Crippen LogP) is 1.40. The van der Waals surface area contributed by atoms with Crippen molar-refractivity contribution in [2.24, 2.45) is 17.6 Å². The summed E-state index contributed by atoms with van der Waals surface area (Å²) in [5.74, 6) is -2.74. The van der Waals surface area contributed by atoms with Crippen molar-refractivity contribution in [3.63, 3.8) is 0 Å². The fourth-order valence-corrected chi connectivity index (χ4v) is 6.20. The first-order chi connectivity index (χ1) is 14.9. The van der Waals surface area contributed by atoms with Gasteiger partial charge >= 0.3 is 0 Å². The number of benzene rings is 1. The molecule has 3 fully saturated rings. The van der Waals surface area contributed by atoms with Crippen molar-refractivity contribution in [1.29, 1.82) is 0 Å². The molecule has 31 heavy (non-hydrogen) atoms. The Labute approximate surface area is 180 Å². The van der Waals surface area contributed by atoms with Gasteiger partial charge < -0.3 is 11.1 Å². The van der Waals surface area contributed by atoms with Crippen LogP contribution in [0.25, 0.3) is 0 Å². The molecule has 0 bridgehead atoms. The summed E-state index contributed by atoms with van der Waals surface area (Å²) in [4.78, 5) is 53.7. The number of carbonyl (C=O) groups is 4. The summed E-state index contributed by atoms with van der Waals surface area (Å²) in [7, 11) is 0. The van der Waals surface area contributed by atoms with E-state index in [0.29, 0.717) is 17.7 Å². The van der Waals surface area contributed by atoms with Crippen molar-refractivity contribution in [3.05, 3.63) is 29.8 Å². The topological polar surface area (TPSA) is 122 Å². The van der Waals surface area contributed by atoms with Crippen LogP contribution in [-0.2, 0) is 24.7 Å². The molecule has 164 valence electrons. The van der Waals surface area contributed by atoms with Gasteiger partial charge in [-0.15, -0.1) is 0 Å². The highest BCUT2D eigenvalue weighted by Gasteiger charge is 2.70. The van der Waals surface area contributed by atoms with Crippen molar-refractivity contribution >= 4 is 29.3 Å². The second kappa shape index (κ2) is 7.44. The number of carbonyl (C=O) groups excluding carboxylic acids is 4. The molecule has 1 aromatic carbocycles. The van der Waals surface area contributed by atoms with Crippen LogP contribution >= 0.6 is 0 Å². The van der Waals surface area contributed by atoms with Gasteiger partial charge in [0.15, 0.2) is 0 Å². The highest BCUT2D eigenvalue weighted by Crippen LogP contribution is 2.54. The van der Waals surface area contributed by atoms with Gasteiger partial charge in [0, 0.05) is 29.8 Å². The lowest BCUT2D eigenvalue weighted by atomic mass is 9.76. The van der Waals surface area contributed by atoms with Crippen molar-refractivity contribution in [2.75, 3.05) is 5.32 Å². The summed E-state index contributed by atoms with van der Waals surface area (Å²) in [6, 6.07) is 6.72. The third kappa shape index (κ3) is 2.91. The zero-order valence-electron chi connectivity index (χ0n) is 17.4. The van der Waals surface area contributed by atoms with Crippen molar-refractivity contribution < 1.29 is 19.2 Å². The lowest BCUT2D eigenvalue weighted by Gasteiger charge is -2.32. The molecule has 1 saturated carbocycles. The minimum absolute atomic E-state index is 0.0884. The van der Waals surface area contributed by atoms with E-state index in [2.05, 4.69) is 10.6 Å². The maximum Gasteiger partial charge on any atom is 0.250 e. The molecular weight excluding hydrogens is 396 g/mol. The van der Waals surface area contributed by atoms with Crippen molar-refractivity contribution in [3.8, 4) is 0 Å². The summed E-state index contributed by atoms with van der Waals surface area (Å²) >= 11 is 0. The van der Waals surface area contributed by atoms with Gasteiger partial charge in [-0.1, -0.05) is 43.9 Å². The molecule has 1 aromatic rings. The predicted molar refractivity (Wildman–Crippen MR) is 112 cm³/mol. The van der Waals surface area contributed by atoms with Gasteiger partial charge in [-0.25, -0.2) is 0 Å². The third-order valence-electron chi connectivity index (χ3n) is 7.55. The summed E-state index contributed by atoms with van der Waals surface area (Å²) in [6.45, 7) is 0. The molecule has 8 nitrogen and oxygen atoms in total. The zero-order chi connectivity index (χ0) is 21.8. The standard InChI is InChI=1S/C23H28N4O4/c24-17(28)12-11-16-18-19(21(30)27(20(18)29)13-7-3-1-2-4-8-13)23(26-16)14-9-5-6-10-15(14)25-22(23)31/h5-6,9-10,13,16,18-19,26H,1-4,7-8,11-12H2,(H2,24,28)(H,25,31)/t16-,18+,19-,23+/m0/s1. The van der Waals surface area contributed by atoms with Gasteiger partial charge in [0.2, 0.25) is 23.6 Å². The number of anilines is 1. The lowest BCUT2D eigenvalue weighted by molar-refractivity contribution is -0.145. The van der Waals surface area contributed by atoms with Gasteiger partial charge in [0.1, 0.15) is 5.54 Å². The molecule has 2 saturated heterocycles. The number of nitrogens with one attached hydrogen (secondary N) is 2. The minimum atomic E-state index is -1.30. The average molecular weight is 425 g/mol. The molecule has 0 aromatic heterocycles. The number of hydrogen-bond donors (Lipinski definition) is 3. The summed E-state index contributed by atoms with van der Waals surface area (Å²) in [6.07, 6.45) is 6.24. The van der Waals surface area contributed by atoms with Crippen LogP contribution in [0.15, 0.2) is 24.3 Å². The Balaban J connectivity index is 1.58. The monoisotopic (exact) mass is 424 g/mol. The highest BCUT2D eigenvalue weighted by molar-refractivity contribution is 6.15. The Kier molecular flexibility index (Phi) is 4.84. The Morgan fingerprint density at radius 2 is 1.77 bits per heavy atom. The van der Waals surface area contributed by atoms with Crippen molar-refractivity contribution in [1.82, 2.24) is 10.2 Å². The summed E-state index contributed by atoms with van der Waals surface area (Å²) < 4.78 is 0. The smallest absolute Gasteiger partial charge is 0.250 e. The van der Waals surface area contributed by atoms with Crippen LogP contribution in [0.3, 0.4) is 0 Å². The van der Waals surface area contributed by atoms with E-state index in [1.165, 1.54) is 4.90 Å². The minimum Gasteiger partial charge on any atom is -0.370 e. The number of rotatable bonds is 4. The number of likely N-dealkylation sites (tertiary alicyclic amines) is 1. The largest absolute Gasteiger partial charge is 0.370 e. The van der Waals surface area contributed by atoms with Crippen LogP contribution in [0.4, 0.5) is 5.69 Å². The number of hydrogen-bond acceptors (Lipinski definition) is 5. The molecule has 5 rings (SSSR count). The Hall–Kier alpha value is -2.74. The highest BCUT2D eigenvalue weighted by atomic mass is 16.2. The van der Waals surface area contributed by atoms with Crippen LogP contribution in [0.1, 0.15) is 56.9 Å². The molecule has 0 unspecified atom stereocenters. The van der Waals surface area contributed by atoms with E-state index in [1.807, 2.05) is 18.2 Å². The SMILES string of the molecule is NC(=O)CC[C@@H]1N[C@@]2(C(=O)Nc3ccccc32)[C@@H]2C(=O)N(C3CCCCCC3)C(=O)[C@H]12. The first-order valence-electron chi connectivity index (χ1n) is 11.3. The molecule has 3 heterocycles. The van der Waals surface area contributed by atoms with Gasteiger partial charge in [-0.3, -0.25) is 29.4 Å². The van der Waals surface area contributed by atoms with Crippen LogP contribution < -0.4 is 16.4 Å². The fraction of sp³-hybridized carbons (Fsp3) is 0.565. The van der Waals surface area contributed by atoms with Gasteiger partial charge in [0.05, 0.1) is 11.8 Å². The number of fused-ring (bicyclic) bond motifs is 4. The van der Waals surface area contributed by atoms with Gasteiger partial charge in [-0.05, 0) is 25.3 Å². The van der Waals surface area contributed by atoms with E-state index in [-0.39, 0.29) is 30.2 Å². The third-order valence-corrected chi connectivity index (χ3v) is 7.55. The van der Waals surface area contributed by atoms with E-state index in [1.54, 1.807) is 6.07 Å².